The molecule has 0 unspecified atom stereocenters. The Morgan fingerprint density at radius 2 is 1.57 bits per heavy atom. The fourth-order valence-electron chi connectivity index (χ4n) is 6.79. The highest BCUT2D eigenvalue weighted by molar-refractivity contribution is 9.10. The van der Waals surface area contributed by atoms with Crippen LogP contribution in [-0.4, -0.2) is 28.0 Å². The maximum Gasteiger partial charge on any atom is 0.416 e. The quantitative estimate of drug-likeness (QED) is 0.212. The predicted molar refractivity (Wildman–Crippen MR) is 176 cm³/mol. The van der Waals surface area contributed by atoms with Crippen LogP contribution in [0.1, 0.15) is 73.5 Å². The highest BCUT2D eigenvalue weighted by atomic mass is 79.9. The van der Waals surface area contributed by atoms with Gasteiger partial charge in [0.1, 0.15) is 5.60 Å². The first kappa shape index (κ1) is 32.0. The van der Waals surface area contributed by atoms with Crippen molar-refractivity contribution in [3.05, 3.63) is 106 Å². The highest BCUT2D eigenvalue weighted by Crippen LogP contribution is 2.55. The van der Waals surface area contributed by atoms with E-state index in [2.05, 4.69) is 21.2 Å². The van der Waals surface area contributed by atoms with Gasteiger partial charge < -0.3 is 10.1 Å². The van der Waals surface area contributed by atoms with E-state index in [1.807, 2.05) is 55.5 Å². The lowest BCUT2D eigenvalue weighted by Crippen LogP contribution is -2.58. The second-order valence-corrected chi connectivity index (χ2v) is 14.2. The molecule has 9 heteroatoms. The van der Waals surface area contributed by atoms with Crippen LogP contribution in [0.25, 0.3) is 27.7 Å². The molecule has 1 aromatic heterocycles. The lowest BCUT2D eigenvalue weighted by molar-refractivity contribution is -0.167. The van der Waals surface area contributed by atoms with Crippen molar-refractivity contribution < 1.29 is 27.5 Å². The van der Waals surface area contributed by atoms with Crippen LogP contribution < -0.4 is 5.32 Å². The summed E-state index contributed by atoms with van der Waals surface area (Å²) in [6.07, 6.45) is -1.30. The summed E-state index contributed by atoms with van der Waals surface area (Å²) < 4.78 is 48.2. The molecule has 1 amide bonds. The highest BCUT2D eigenvalue weighted by Gasteiger charge is 2.55. The standard InChI is InChI=1S/C37H34BrF3N2O3/c1-22-30(27-20-26(38)13-14-29(27)42-31(22)23-9-6-5-7-10-23)32(44)43-36-17-15-35(16-18-36,33(45)46-34(2,3)4)21-28(36)24-11-8-12-25(19-24)37(39,40)41/h5-14,19-21H,15-18H2,1-4H3,(H,43,44). The van der Waals surface area contributed by atoms with Crippen LogP contribution in [0.4, 0.5) is 13.2 Å². The number of aromatic nitrogens is 1. The Hall–Kier alpha value is -3.98. The lowest BCUT2D eigenvalue weighted by Gasteiger charge is -2.52. The number of carbonyl (C=O) groups excluding carboxylic acids is 2. The van der Waals surface area contributed by atoms with Gasteiger partial charge >= 0.3 is 12.1 Å². The van der Waals surface area contributed by atoms with E-state index in [1.165, 1.54) is 6.07 Å². The number of esters is 1. The molecule has 1 N–H and O–H groups in total. The summed E-state index contributed by atoms with van der Waals surface area (Å²) in [6, 6.07) is 20.3. The molecule has 3 aromatic carbocycles. The van der Waals surface area contributed by atoms with E-state index in [4.69, 9.17) is 9.72 Å². The molecule has 1 saturated carbocycles. The van der Waals surface area contributed by atoms with Crippen LogP contribution in [0.15, 0.2) is 83.3 Å². The first-order valence-corrected chi connectivity index (χ1v) is 16.0. The fraction of sp³-hybridized carbons (Fsp3) is 0.324. The summed E-state index contributed by atoms with van der Waals surface area (Å²) in [5, 5.41) is 3.95. The number of fused-ring (bicyclic) bond motifs is 3. The Balaban J connectivity index is 1.49. The molecule has 238 valence electrons. The maximum absolute atomic E-state index is 14.6. The van der Waals surface area contributed by atoms with E-state index in [9.17, 15) is 22.8 Å². The van der Waals surface area contributed by atoms with Crippen molar-refractivity contribution in [2.24, 2.45) is 5.41 Å². The minimum atomic E-state index is -4.56. The molecular weight excluding hydrogens is 657 g/mol. The van der Waals surface area contributed by atoms with Gasteiger partial charge in [-0.1, -0.05) is 64.5 Å². The Morgan fingerprint density at radius 3 is 2.22 bits per heavy atom. The minimum Gasteiger partial charge on any atom is -0.459 e. The monoisotopic (exact) mass is 690 g/mol. The van der Waals surface area contributed by atoms with Gasteiger partial charge in [0, 0.05) is 15.4 Å². The molecule has 1 fully saturated rings. The number of ether oxygens (including phenoxy) is 1. The molecule has 3 aliphatic carbocycles. The van der Waals surface area contributed by atoms with E-state index in [0.717, 1.165) is 22.2 Å². The van der Waals surface area contributed by atoms with Gasteiger partial charge in [0.05, 0.1) is 33.3 Å². The smallest absolute Gasteiger partial charge is 0.416 e. The Bertz CT molecular complexity index is 1890. The number of hydrogen-bond donors (Lipinski definition) is 1. The SMILES string of the molecule is Cc1c(-c2ccccc2)nc2ccc(Br)cc2c1C(=O)NC12CCC(C(=O)OC(C)(C)C)(C=C1c1cccc(C(F)(F)F)c1)CC2. The molecule has 5 nitrogen and oxygen atoms in total. The van der Waals surface area contributed by atoms with Crippen LogP contribution >= 0.6 is 15.9 Å². The van der Waals surface area contributed by atoms with E-state index in [0.29, 0.717) is 64.5 Å². The third-order valence-electron chi connectivity index (χ3n) is 9.06. The third-order valence-corrected chi connectivity index (χ3v) is 9.55. The molecule has 0 atom stereocenters. The number of carbonyl (C=O) groups is 2. The van der Waals surface area contributed by atoms with E-state index < -0.39 is 34.3 Å². The Morgan fingerprint density at radius 1 is 0.891 bits per heavy atom. The summed E-state index contributed by atoms with van der Waals surface area (Å²) >= 11 is 3.53. The molecule has 0 spiro atoms. The van der Waals surface area contributed by atoms with E-state index >= 15 is 0 Å². The zero-order chi connectivity index (χ0) is 33.1. The van der Waals surface area contributed by atoms with Gasteiger partial charge in [-0.15, -0.1) is 0 Å². The van der Waals surface area contributed by atoms with Crippen molar-refractivity contribution in [3.8, 4) is 11.3 Å². The summed E-state index contributed by atoms with van der Waals surface area (Å²) in [4.78, 5) is 33.1. The largest absolute Gasteiger partial charge is 0.459 e. The van der Waals surface area contributed by atoms with Crippen molar-refractivity contribution in [1.82, 2.24) is 10.3 Å². The molecule has 0 aliphatic heterocycles. The maximum atomic E-state index is 14.6. The number of hydrogen-bond acceptors (Lipinski definition) is 4. The number of rotatable bonds is 5. The van der Waals surface area contributed by atoms with Gasteiger partial charge in [-0.05, 0) is 100 Å². The predicted octanol–water partition coefficient (Wildman–Crippen LogP) is 9.46. The topological polar surface area (TPSA) is 68.3 Å². The molecule has 3 aliphatic rings. The zero-order valence-corrected chi connectivity index (χ0v) is 27.6. The van der Waals surface area contributed by atoms with E-state index in [1.54, 1.807) is 32.9 Å². The third kappa shape index (κ3) is 5.85. The lowest BCUT2D eigenvalue weighted by atomic mass is 9.57. The molecule has 4 aromatic rings. The van der Waals surface area contributed by atoms with Crippen molar-refractivity contribution in [1.29, 1.82) is 0 Å². The van der Waals surface area contributed by atoms with E-state index in [-0.39, 0.29) is 5.91 Å². The molecule has 0 radical (unpaired) electrons. The number of nitrogens with zero attached hydrogens (tertiary/aromatic N) is 1. The number of pyridine rings is 1. The number of nitrogens with one attached hydrogen (secondary N) is 1. The average molecular weight is 692 g/mol. The van der Waals surface area contributed by atoms with Gasteiger partial charge in [-0.2, -0.15) is 13.2 Å². The Kier molecular flexibility index (Phi) is 7.90. The molecule has 0 saturated heterocycles. The van der Waals surface area contributed by atoms with Gasteiger partial charge in [0.15, 0.2) is 0 Å². The number of halogens is 4. The minimum absolute atomic E-state index is 0.312. The van der Waals surface area contributed by atoms with Crippen LogP contribution in [0.5, 0.6) is 0 Å². The molecule has 1 heterocycles. The van der Waals surface area contributed by atoms with Crippen LogP contribution in [0.3, 0.4) is 0 Å². The van der Waals surface area contributed by atoms with Crippen LogP contribution in [0.2, 0.25) is 0 Å². The van der Waals surface area contributed by atoms with Gasteiger partial charge in [0.25, 0.3) is 5.91 Å². The first-order valence-electron chi connectivity index (χ1n) is 15.2. The van der Waals surface area contributed by atoms with Gasteiger partial charge in [-0.25, -0.2) is 4.98 Å². The number of alkyl halides is 3. The normalized spacial score (nSPS) is 21.2. The number of benzene rings is 3. The summed E-state index contributed by atoms with van der Waals surface area (Å²) in [5.41, 5.74) is 0.557. The van der Waals surface area contributed by atoms with Crippen molar-refractivity contribution in [3.63, 3.8) is 0 Å². The van der Waals surface area contributed by atoms with Crippen molar-refractivity contribution >= 4 is 44.3 Å². The first-order chi connectivity index (χ1) is 21.6. The van der Waals surface area contributed by atoms with Gasteiger partial charge in [0.2, 0.25) is 0 Å². The average Bonchev–Trinajstić information content (AvgIpc) is 3.00. The van der Waals surface area contributed by atoms with Gasteiger partial charge in [-0.3, -0.25) is 9.59 Å². The summed E-state index contributed by atoms with van der Waals surface area (Å²) in [6.45, 7) is 7.23. The summed E-state index contributed by atoms with van der Waals surface area (Å²) in [5.74, 6) is -0.762. The van der Waals surface area contributed by atoms with Crippen LogP contribution in [-0.2, 0) is 15.7 Å². The molecule has 2 bridgehead atoms. The van der Waals surface area contributed by atoms with Crippen molar-refractivity contribution in [2.75, 3.05) is 0 Å². The second kappa shape index (κ2) is 11.4. The zero-order valence-electron chi connectivity index (χ0n) is 26.0. The molecular formula is C37H34BrF3N2O3. The fourth-order valence-corrected chi connectivity index (χ4v) is 7.15. The van der Waals surface area contributed by atoms with Crippen LogP contribution in [0, 0.1) is 12.3 Å². The summed E-state index contributed by atoms with van der Waals surface area (Å²) in [7, 11) is 0. The molecule has 46 heavy (non-hydrogen) atoms. The van der Waals surface area contributed by atoms with Crippen molar-refractivity contribution in [2.45, 2.75) is 70.7 Å². The second-order valence-electron chi connectivity index (χ2n) is 13.3. The number of amides is 1. The molecule has 7 rings (SSSR count). The Labute approximate surface area is 274 Å².